The van der Waals surface area contributed by atoms with Gasteiger partial charge in [-0.25, -0.2) is 13.8 Å². The van der Waals surface area contributed by atoms with Gasteiger partial charge in [0.15, 0.2) is 11.9 Å². The molecule has 0 spiro atoms. The van der Waals surface area contributed by atoms with Gasteiger partial charge in [0.1, 0.15) is 29.8 Å². The molecule has 0 unspecified atom stereocenters. The van der Waals surface area contributed by atoms with E-state index in [-0.39, 0.29) is 18.1 Å². The third-order valence-corrected chi connectivity index (χ3v) is 7.27. The molecular weight excluding hydrogens is 540 g/mol. The number of aliphatic hydroxyl groups excluding tert-OH is 1. The molecule has 6 atom stereocenters. The van der Waals surface area contributed by atoms with Gasteiger partial charge < -0.3 is 29.7 Å². The van der Waals surface area contributed by atoms with E-state index >= 15 is 4.39 Å². The first-order valence-corrected chi connectivity index (χ1v) is 13.3. The molecule has 2 heterocycles. The summed E-state index contributed by atoms with van der Waals surface area (Å²) < 4.78 is 46.1. The van der Waals surface area contributed by atoms with Crippen molar-refractivity contribution in [3.63, 3.8) is 0 Å². The highest BCUT2D eigenvalue weighted by Gasteiger charge is 2.56. The van der Waals surface area contributed by atoms with Gasteiger partial charge in [0, 0.05) is 6.20 Å². The van der Waals surface area contributed by atoms with E-state index in [0.717, 1.165) is 17.7 Å². The molecule has 16 heteroatoms. The number of alkyl halides is 1. The van der Waals surface area contributed by atoms with Crippen LogP contribution in [0.2, 0.25) is 0 Å². The summed E-state index contributed by atoms with van der Waals surface area (Å²) in [6.07, 6.45) is -3.80. The molecule has 4 N–H and O–H groups in total. The average molecular weight is 571 g/mol. The number of carbonyl (C=O) groups excluding carboxylic acids is 1. The number of hydrogen-bond acceptors (Lipinski definition) is 10. The number of rotatable bonds is 12. The molecule has 1 aliphatic heterocycles. The Labute approximate surface area is 223 Å². The summed E-state index contributed by atoms with van der Waals surface area (Å²) in [5.41, 5.74) is -3.49. The fraction of sp³-hybridized carbons (Fsp3) is 0.478. The maximum atomic E-state index is 15.6. The summed E-state index contributed by atoms with van der Waals surface area (Å²) in [5, 5.41) is 24.6. The molecule has 0 aliphatic carbocycles. The maximum absolute atomic E-state index is 15.6. The van der Waals surface area contributed by atoms with Crippen molar-refractivity contribution in [1.29, 1.82) is 0 Å². The number of carboxylic acid groups (broad SMARTS) is 1. The monoisotopic (exact) mass is 571 g/mol. The molecule has 214 valence electrons. The largest absolute Gasteiger partial charge is 0.480 e. The van der Waals surface area contributed by atoms with Crippen molar-refractivity contribution in [2.45, 2.75) is 44.0 Å². The van der Waals surface area contributed by atoms with Crippen LogP contribution in [0.5, 0.6) is 5.75 Å². The lowest BCUT2D eigenvalue weighted by atomic mass is 9.98. The minimum atomic E-state index is -4.37. The Balaban J connectivity index is 1.76. The van der Waals surface area contributed by atoms with Crippen LogP contribution in [-0.2, 0) is 23.4 Å². The van der Waals surface area contributed by atoms with Gasteiger partial charge in [0.25, 0.3) is 0 Å². The van der Waals surface area contributed by atoms with Crippen molar-refractivity contribution < 1.29 is 42.5 Å². The van der Waals surface area contributed by atoms with Crippen molar-refractivity contribution in [3.05, 3.63) is 53.1 Å². The number of anilines is 1. The smallest absolute Gasteiger partial charge is 0.459 e. The quantitative estimate of drug-likeness (QED) is 0.266. The minimum Gasteiger partial charge on any atom is -0.480 e. The predicted octanol–water partition coefficient (Wildman–Crippen LogP) is 0.996. The molecule has 0 radical (unpaired) electrons. The van der Waals surface area contributed by atoms with Gasteiger partial charge in [-0.1, -0.05) is 18.2 Å². The van der Waals surface area contributed by atoms with E-state index in [4.69, 9.17) is 13.8 Å². The second-order valence-electron chi connectivity index (χ2n) is 9.30. The number of amides is 1. The van der Waals surface area contributed by atoms with Crippen molar-refractivity contribution in [2.75, 3.05) is 32.6 Å². The minimum absolute atomic E-state index is 0.0465. The van der Waals surface area contributed by atoms with Crippen LogP contribution in [0.1, 0.15) is 20.1 Å². The number of carboxylic acids is 1. The van der Waals surface area contributed by atoms with Crippen LogP contribution in [0.25, 0.3) is 0 Å². The molecular formula is C23H31FN5O9P. The molecule has 3 rings (SSSR count). The van der Waals surface area contributed by atoms with Crippen LogP contribution in [0.15, 0.2) is 47.4 Å². The van der Waals surface area contributed by atoms with E-state index in [9.17, 15) is 29.2 Å². The predicted molar refractivity (Wildman–Crippen MR) is 136 cm³/mol. The van der Waals surface area contributed by atoms with Crippen LogP contribution < -0.4 is 20.6 Å². The van der Waals surface area contributed by atoms with Crippen molar-refractivity contribution in [3.8, 4) is 5.75 Å². The molecule has 2 aromatic rings. The van der Waals surface area contributed by atoms with Crippen molar-refractivity contribution >= 4 is 25.4 Å². The number of carbonyl (C=O) groups is 2. The number of aliphatic hydroxyl groups is 1. The summed E-state index contributed by atoms with van der Waals surface area (Å²) in [5.74, 6) is -1.71. The number of hydrogen-bond donors (Lipinski definition) is 4. The van der Waals surface area contributed by atoms with Crippen molar-refractivity contribution in [1.82, 2.24) is 19.5 Å². The van der Waals surface area contributed by atoms with Crippen molar-refractivity contribution in [2.24, 2.45) is 0 Å². The number of nitrogens with zero attached hydrogens (tertiary/aromatic N) is 3. The zero-order valence-corrected chi connectivity index (χ0v) is 22.6. The van der Waals surface area contributed by atoms with E-state index in [1.54, 1.807) is 37.2 Å². The van der Waals surface area contributed by atoms with Gasteiger partial charge >= 0.3 is 19.4 Å². The second kappa shape index (κ2) is 12.3. The first kappa shape index (κ1) is 30.3. The van der Waals surface area contributed by atoms with Crippen LogP contribution in [0.3, 0.4) is 0 Å². The Kier molecular flexibility index (Phi) is 9.59. The molecule has 14 nitrogen and oxygen atoms in total. The standard InChI is InChI=1S/C23H31FN5O9P/c1-14(20(32)33)27-39(35,38-15-8-6-5-7-9-15)36-13-16-19(31)23(2,24)21(37-16)29-11-10-17(26-22(29)34)25-18(30)12-28(3)4/h5-11,14,16,19,21,31H,12-13H2,1-4H3,(H,27,35)(H,32,33)(H,25,26,30,34)/t14-,16+,19+,21+,23+,39-/m0/s1. The fourth-order valence-electron chi connectivity index (χ4n) is 3.66. The first-order chi connectivity index (χ1) is 18.2. The SMILES string of the molecule is C[C@H](N[P@](=O)(OC[C@H]1O[C@@H](n2ccc(NC(=O)CN(C)C)nc2=O)[C@](C)(F)[C@@H]1O)Oc1ccccc1)C(=O)O. The summed E-state index contributed by atoms with van der Waals surface area (Å²) in [6, 6.07) is 7.70. The topological polar surface area (TPSA) is 182 Å². The number of likely N-dealkylation sites (N-methyl/N-ethyl adjacent to an activating group) is 1. The molecule has 39 heavy (non-hydrogen) atoms. The lowest BCUT2D eigenvalue weighted by Gasteiger charge is -2.25. The summed E-state index contributed by atoms with van der Waals surface area (Å²) in [7, 11) is -1.00. The summed E-state index contributed by atoms with van der Waals surface area (Å²) in [6.45, 7) is 1.58. The molecule has 1 amide bonds. The van der Waals surface area contributed by atoms with Crippen LogP contribution in [0, 0.1) is 0 Å². The Morgan fingerprint density at radius 1 is 1.31 bits per heavy atom. The van der Waals surface area contributed by atoms with E-state index in [2.05, 4.69) is 15.4 Å². The highest BCUT2D eigenvalue weighted by atomic mass is 31.2. The third kappa shape index (κ3) is 7.68. The highest BCUT2D eigenvalue weighted by Crippen LogP contribution is 2.47. The van der Waals surface area contributed by atoms with Gasteiger partial charge in [-0.2, -0.15) is 10.1 Å². The number of para-hydroxylation sites is 1. The Hall–Kier alpha value is -3.20. The molecule has 1 aliphatic rings. The van der Waals surface area contributed by atoms with Crippen LogP contribution in [-0.4, -0.2) is 87.7 Å². The van der Waals surface area contributed by atoms with Gasteiger partial charge in [-0.15, -0.1) is 0 Å². The lowest BCUT2D eigenvalue weighted by Crippen LogP contribution is -2.43. The molecule has 1 fully saturated rings. The summed E-state index contributed by atoms with van der Waals surface area (Å²) in [4.78, 5) is 41.2. The lowest BCUT2D eigenvalue weighted by molar-refractivity contribution is -0.138. The number of nitrogens with one attached hydrogen (secondary N) is 2. The molecule has 1 saturated heterocycles. The first-order valence-electron chi connectivity index (χ1n) is 11.8. The van der Waals surface area contributed by atoms with E-state index < -0.39 is 62.1 Å². The highest BCUT2D eigenvalue weighted by molar-refractivity contribution is 7.52. The maximum Gasteiger partial charge on any atom is 0.459 e. The Morgan fingerprint density at radius 3 is 2.56 bits per heavy atom. The number of aliphatic carboxylic acids is 1. The van der Waals surface area contributed by atoms with Gasteiger partial charge in [0.05, 0.1) is 13.2 Å². The van der Waals surface area contributed by atoms with Gasteiger partial charge in [0.2, 0.25) is 5.91 Å². The second-order valence-corrected chi connectivity index (χ2v) is 11.0. The number of benzene rings is 1. The molecule has 1 aromatic heterocycles. The molecule has 0 bridgehead atoms. The zero-order chi connectivity index (χ0) is 29.0. The van der Waals surface area contributed by atoms with E-state index in [1.807, 2.05) is 0 Å². The Bertz CT molecular complexity index is 1280. The Morgan fingerprint density at radius 2 is 1.97 bits per heavy atom. The summed E-state index contributed by atoms with van der Waals surface area (Å²) >= 11 is 0. The number of aromatic nitrogens is 2. The average Bonchev–Trinajstić information content (AvgIpc) is 3.06. The number of halogens is 1. The van der Waals surface area contributed by atoms with Crippen LogP contribution >= 0.6 is 7.75 Å². The molecule has 1 aromatic carbocycles. The molecule has 0 saturated carbocycles. The van der Waals surface area contributed by atoms with Gasteiger partial charge in [-0.05, 0) is 46.1 Å². The number of ether oxygens (including phenoxy) is 1. The normalized spacial score (nSPS) is 25.2. The fourth-order valence-corrected chi connectivity index (χ4v) is 5.16. The van der Waals surface area contributed by atoms with E-state index in [0.29, 0.717) is 0 Å². The van der Waals surface area contributed by atoms with E-state index in [1.165, 1.54) is 25.1 Å². The third-order valence-electron chi connectivity index (χ3n) is 5.63. The zero-order valence-electron chi connectivity index (χ0n) is 21.7. The van der Waals surface area contributed by atoms with Gasteiger partial charge in [-0.3, -0.25) is 18.7 Å². The van der Waals surface area contributed by atoms with Crippen LogP contribution in [0.4, 0.5) is 10.2 Å².